The fourth-order valence-electron chi connectivity index (χ4n) is 2.59. The fraction of sp³-hybridized carbons (Fsp3) is 0.438. The zero-order valence-corrected chi connectivity index (χ0v) is 14.7. The Bertz CT molecular complexity index is 815. The Labute approximate surface area is 146 Å². The van der Waals surface area contributed by atoms with Crippen LogP contribution in [0.15, 0.2) is 24.3 Å². The molecular formula is C16H19N3O5S. The minimum Gasteiger partial charge on any atom is -0.451 e. The van der Waals surface area contributed by atoms with Gasteiger partial charge in [0.2, 0.25) is 10.0 Å². The van der Waals surface area contributed by atoms with Crippen LogP contribution in [0.3, 0.4) is 0 Å². The molecule has 9 heteroatoms. The van der Waals surface area contributed by atoms with Gasteiger partial charge in [-0.1, -0.05) is 6.07 Å². The number of sulfonamides is 1. The monoisotopic (exact) mass is 365 g/mol. The number of hydrogen-bond donors (Lipinski definition) is 1. The molecule has 1 fully saturated rings. The fourth-order valence-corrected chi connectivity index (χ4v) is 3.70. The Morgan fingerprint density at radius 3 is 2.80 bits per heavy atom. The van der Waals surface area contributed by atoms with Crippen LogP contribution in [0.25, 0.3) is 0 Å². The SMILES string of the molecule is CC(OC(=O)C1CCCN1S(C)(=O)=O)C(=O)Nc1cccc(C#N)c1. The summed E-state index contributed by atoms with van der Waals surface area (Å²) in [6, 6.07) is 7.38. The third kappa shape index (κ3) is 4.78. The van der Waals surface area contributed by atoms with E-state index in [-0.39, 0.29) is 6.54 Å². The molecule has 1 aliphatic rings. The van der Waals surface area contributed by atoms with Gasteiger partial charge in [-0.15, -0.1) is 0 Å². The molecule has 1 aromatic rings. The second-order valence-corrected chi connectivity index (χ2v) is 7.73. The molecule has 8 nitrogen and oxygen atoms in total. The maximum Gasteiger partial charge on any atom is 0.325 e. The Balaban J connectivity index is 1.98. The van der Waals surface area contributed by atoms with Crippen LogP contribution in [0.2, 0.25) is 0 Å². The first-order valence-electron chi connectivity index (χ1n) is 7.70. The lowest BCUT2D eigenvalue weighted by Crippen LogP contribution is -2.43. The van der Waals surface area contributed by atoms with Gasteiger partial charge in [-0.3, -0.25) is 9.59 Å². The molecule has 1 N–H and O–H groups in total. The number of carbonyl (C=O) groups is 2. The molecule has 2 unspecified atom stereocenters. The van der Waals surface area contributed by atoms with Crippen molar-refractivity contribution in [1.82, 2.24) is 4.31 Å². The molecule has 1 saturated heterocycles. The van der Waals surface area contributed by atoms with E-state index in [2.05, 4.69) is 5.32 Å². The number of benzene rings is 1. The highest BCUT2D eigenvalue weighted by Crippen LogP contribution is 2.22. The summed E-state index contributed by atoms with van der Waals surface area (Å²) in [5.74, 6) is -1.30. The Morgan fingerprint density at radius 2 is 2.16 bits per heavy atom. The topological polar surface area (TPSA) is 117 Å². The summed E-state index contributed by atoms with van der Waals surface area (Å²) in [6.45, 7) is 1.67. The number of carbonyl (C=O) groups excluding carboxylic acids is 2. The number of rotatable bonds is 5. The number of hydrogen-bond acceptors (Lipinski definition) is 6. The molecule has 1 aromatic carbocycles. The molecular weight excluding hydrogens is 346 g/mol. The number of anilines is 1. The normalized spacial score (nSPS) is 19.0. The van der Waals surface area contributed by atoms with Gasteiger partial charge in [0.25, 0.3) is 5.91 Å². The van der Waals surface area contributed by atoms with Gasteiger partial charge in [0.1, 0.15) is 6.04 Å². The molecule has 0 bridgehead atoms. The van der Waals surface area contributed by atoms with Gasteiger partial charge in [0, 0.05) is 12.2 Å². The molecule has 1 heterocycles. The lowest BCUT2D eigenvalue weighted by atomic mass is 10.2. The number of ether oxygens (including phenoxy) is 1. The van der Waals surface area contributed by atoms with E-state index < -0.39 is 34.0 Å². The van der Waals surface area contributed by atoms with Crippen molar-refractivity contribution in [2.45, 2.75) is 31.9 Å². The first-order chi connectivity index (χ1) is 11.7. The van der Waals surface area contributed by atoms with E-state index in [1.54, 1.807) is 18.2 Å². The molecule has 25 heavy (non-hydrogen) atoms. The zero-order chi connectivity index (χ0) is 18.6. The van der Waals surface area contributed by atoms with Crippen molar-refractivity contribution in [3.8, 4) is 6.07 Å². The van der Waals surface area contributed by atoms with Crippen LogP contribution in [0.1, 0.15) is 25.3 Å². The standard InChI is InChI=1S/C16H19N3O5S/c1-11(15(20)18-13-6-3-5-12(9-13)10-17)24-16(21)14-7-4-8-19(14)25(2,22)23/h3,5-6,9,11,14H,4,7-8H2,1-2H3,(H,18,20). The van der Waals surface area contributed by atoms with E-state index in [1.165, 1.54) is 13.0 Å². The first-order valence-corrected chi connectivity index (χ1v) is 9.55. The maximum atomic E-state index is 12.2. The summed E-state index contributed by atoms with van der Waals surface area (Å²) in [5.41, 5.74) is 0.794. The van der Waals surface area contributed by atoms with Crippen molar-refractivity contribution in [2.75, 3.05) is 18.1 Å². The van der Waals surface area contributed by atoms with Crippen LogP contribution in [0.5, 0.6) is 0 Å². The Hall–Kier alpha value is -2.44. The van der Waals surface area contributed by atoms with Crippen LogP contribution in [0.4, 0.5) is 5.69 Å². The Morgan fingerprint density at radius 1 is 1.44 bits per heavy atom. The summed E-state index contributed by atoms with van der Waals surface area (Å²) in [6.07, 6.45) is 0.871. The van der Waals surface area contributed by atoms with Crippen LogP contribution in [-0.4, -0.2) is 49.5 Å². The molecule has 2 rings (SSSR count). The average molecular weight is 365 g/mol. The molecule has 0 aliphatic carbocycles. The van der Waals surface area contributed by atoms with Gasteiger partial charge in [0.15, 0.2) is 6.10 Å². The third-order valence-corrected chi connectivity index (χ3v) is 5.11. The molecule has 0 aromatic heterocycles. The second-order valence-electron chi connectivity index (χ2n) is 5.79. The quantitative estimate of drug-likeness (QED) is 0.773. The van der Waals surface area contributed by atoms with E-state index in [1.807, 2.05) is 6.07 Å². The molecule has 134 valence electrons. The van der Waals surface area contributed by atoms with E-state index >= 15 is 0 Å². The number of amides is 1. The van der Waals surface area contributed by atoms with Crippen LogP contribution >= 0.6 is 0 Å². The smallest absolute Gasteiger partial charge is 0.325 e. The summed E-state index contributed by atoms with van der Waals surface area (Å²) < 4.78 is 29.6. The summed E-state index contributed by atoms with van der Waals surface area (Å²) in [4.78, 5) is 24.4. The van der Waals surface area contributed by atoms with Crippen molar-refractivity contribution in [3.63, 3.8) is 0 Å². The Kier molecular flexibility index (Phi) is 5.77. The summed E-state index contributed by atoms with van der Waals surface area (Å²) >= 11 is 0. The molecule has 0 saturated carbocycles. The van der Waals surface area contributed by atoms with E-state index in [0.717, 1.165) is 10.6 Å². The van der Waals surface area contributed by atoms with Crippen molar-refractivity contribution >= 4 is 27.6 Å². The van der Waals surface area contributed by atoms with Gasteiger partial charge in [-0.25, -0.2) is 8.42 Å². The van der Waals surface area contributed by atoms with Gasteiger partial charge in [-0.05, 0) is 38.0 Å². The second kappa shape index (κ2) is 7.63. The van der Waals surface area contributed by atoms with Gasteiger partial charge < -0.3 is 10.1 Å². The van der Waals surface area contributed by atoms with Crippen molar-refractivity contribution < 1.29 is 22.7 Å². The molecule has 2 atom stereocenters. The third-order valence-electron chi connectivity index (χ3n) is 3.82. The highest BCUT2D eigenvalue weighted by molar-refractivity contribution is 7.88. The molecule has 1 aliphatic heterocycles. The highest BCUT2D eigenvalue weighted by Gasteiger charge is 2.38. The predicted molar refractivity (Wildman–Crippen MR) is 89.9 cm³/mol. The minimum absolute atomic E-state index is 0.264. The van der Waals surface area contributed by atoms with E-state index in [9.17, 15) is 18.0 Å². The number of nitriles is 1. The molecule has 0 radical (unpaired) electrons. The lowest BCUT2D eigenvalue weighted by Gasteiger charge is -2.22. The van der Waals surface area contributed by atoms with E-state index in [0.29, 0.717) is 24.1 Å². The average Bonchev–Trinajstić information content (AvgIpc) is 3.05. The maximum absolute atomic E-state index is 12.2. The largest absolute Gasteiger partial charge is 0.451 e. The number of esters is 1. The number of nitrogens with one attached hydrogen (secondary N) is 1. The van der Waals surface area contributed by atoms with Crippen molar-refractivity contribution in [1.29, 1.82) is 5.26 Å². The van der Waals surface area contributed by atoms with Crippen molar-refractivity contribution in [2.24, 2.45) is 0 Å². The summed E-state index contributed by atoms with van der Waals surface area (Å²) in [7, 11) is -3.51. The van der Waals surface area contributed by atoms with Gasteiger partial charge in [0.05, 0.1) is 17.9 Å². The van der Waals surface area contributed by atoms with Crippen LogP contribution in [0, 0.1) is 11.3 Å². The highest BCUT2D eigenvalue weighted by atomic mass is 32.2. The predicted octanol–water partition coefficient (Wildman–Crippen LogP) is 0.852. The molecule has 1 amide bonds. The van der Waals surface area contributed by atoms with Gasteiger partial charge in [-0.2, -0.15) is 9.57 Å². The van der Waals surface area contributed by atoms with Crippen LogP contribution < -0.4 is 5.32 Å². The minimum atomic E-state index is -3.51. The lowest BCUT2D eigenvalue weighted by molar-refractivity contribution is -0.156. The van der Waals surface area contributed by atoms with Crippen LogP contribution in [-0.2, 0) is 24.3 Å². The summed E-state index contributed by atoms with van der Waals surface area (Å²) in [5, 5.41) is 11.4. The van der Waals surface area contributed by atoms with Gasteiger partial charge >= 0.3 is 5.97 Å². The van der Waals surface area contributed by atoms with E-state index in [4.69, 9.17) is 10.00 Å². The number of nitrogens with zero attached hydrogens (tertiary/aromatic N) is 2. The van der Waals surface area contributed by atoms with Crippen molar-refractivity contribution in [3.05, 3.63) is 29.8 Å². The molecule has 0 spiro atoms. The first kappa shape index (κ1) is 18.9. The zero-order valence-electron chi connectivity index (χ0n) is 13.9.